The first-order valence-corrected chi connectivity index (χ1v) is 8.09. The summed E-state index contributed by atoms with van der Waals surface area (Å²) in [5.41, 5.74) is 4.15. The van der Waals surface area contributed by atoms with Crippen LogP contribution in [0.25, 0.3) is 0 Å². The van der Waals surface area contributed by atoms with Crippen molar-refractivity contribution >= 4 is 12.4 Å². The van der Waals surface area contributed by atoms with Gasteiger partial charge in [0.15, 0.2) is 0 Å². The van der Waals surface area contributed by atoms with Gasteiger partial charge in [-0.1, -0.05) is 45.0 Å². The molecule has 1 aromatic rings. The zero-order valence-corrected chi connectivity index (χ0v) is 15.0. The standard InChI is InChI=1S/C19H29N.ClH/c1-18(2)15-10-11-19(18,3)17(12-15)16-9-7-6-8-14(16)13-20(4)5;/h6-9,15,17H,10-13H2,1-5H3;1H. The maximum absolute atomic E-state index is 2.55. The topological polar surface area (TPSA) is 3.24 Å². The molecule has 2 bridgehead atoms. The van der Waals surface area contributed by atoms with Gasteiger partial charge in [0.1, 0.15) is 0 Å². The lowest BCUT2D eigenvalue weighted by Crippen LogP contribution is -2.31. The Balaban J connectivity index is 0.00000161. The Labute approximate surface area is 136 Å². The molecule has 0 heterocycles. The Morgan fingerprint density at radius 2 is 1.81 bits per heavy atom. The van der Waals surface area contributed by atoms with Crippen LogP contribution in [0.1, 0.15) is 57.1 Å². The normalized spacial score (nSPS) is 33.2. The number of rotatable bonds is 3. The molecule has 0 aliphatic heterocycles. The Morgan fingerprint density at radius 3 is 2.33 bits per heavy atom. The second-order valence-electron chi connectivity index (χ2n) is 8.10. The van der Waals surface area contributed by atoms with E-state index in [1.165, 1.54) is 24.8 Å². The van der Waals surface area contributed by atoms with Crippen LogP contribution in [0.2, 0.25) is 0 Å². The lowest BCUT2D eigenvalue weighted by Gasteiger charge is -2.40. The van der Waals surface area contributed by atoms with E-state index in [1.54, 1.807) is 5.56 Å². The molecule has 0 amide bonds. The Morgan fingerprint density at radius 1 is 1.14 bits per heavy atom. The third-order valence-corrected chi connectivity index (χ3v) is 6.71. The fourth-order valence-electron chi connectivity index (χ4n) is 5.03. The van der Waals surface area contributed by atoms with Gasteiger partial charge >= 0.3 is 0 Å². The highest BCUT2D eigenvalue weighted by atomic mass is 35.5. The molecule has 0 saturated heterocycles. The molecule has 2 aliphatic carbocycles. The van der Waals surface area contributed by atoms with Crippen molar-refractivity contribution in [3.8, 4) is 0 Å². The third-order valence-electron chi connectivity index (χ3n) is 6.71. The highest BCUT2D eigenvalue weighted by Gasteiger charge is 2.61. The van der Waals surface area contributed by atoms with E-state index in [4.69, 9.17) is 0 Å². The number of nitrogens with zero attached hydrogens (tertiary/aromatic N) is 1. The van der Waals surface area contributed by atoms with Gasteiger partial charge in [0.05, 0.1) is 0 Å². The summed E-state index contributed by atoms with van der Waals surface area (Å²) >= 11 is 0. The maximum atomic E-state index is 2.55. The van der Waals surface area contributed by atoms with Gasteiger partial charge in [-0.25, -0.2) is 0 Å². The van der Waals surface area contributed by atoms with Crippen LogP contribution in [0.5, 0.6) is 0 Å². The molecule has 2 aliphatic rings. The fourth-order valence-corrected chi connectivity index (χ4v) is 5.03. The molecule has 0 radical (unpaired) electrons. The van der Waals surface area contributed by atoms with Crippen molar-refractivity contribution in [2.24, 2.45) is 16.7 Å². The minimum atomic E-state index is 0. The largest absolute Gasteiger partial charge is 0.305 e. The SMILES string of the molecule is CN(C)Cc1ccccc1C1CC2CCC1(C)C2(C)C.Cl. The predicted molar refractivity (Wildman–Crippen MR) is 93.1 cm³/mol. The average Bonchev–Trinajstić information content (AvgIpc) is 2.71. The van der Waals surface area contributed by atoms with Crippen molar-refractivity contribution in [1.82, 2.24) is 4.90 Å². The Bertz CT molecular complexity index is 508. The monoisotopic (exact) mass is 307 g/mol. The van der Waals surface area contributed by atoms with E-state index in [1.807, 2.05) is 0 Å². The highest BCUT2D eigenvalue weighted by molar-refractivity contribution is 5.85. The van der Waals surface area contributed by atoms with Gasteiger partial charge in [0.2, 0.25) is 0 Å². The summed E-state index contributed by atoms with van der Waals surface area (Å²) < 4.78 is 0. The fraction of sp³-hybridized carbons (Fsp3) is 0.684. The quantitative estimate of drug-likeness (QED) is 0.751. The van der Waals surface area contributed by atoms with E-state index in [9.17, 15) is 0 Å². The molecule has 2 heteroatoms. The van der Waals surface area contributed by atoms with Gasteiger partial charge in [-0.3, -0.25) is 0 Å². The molecular weight excluding hydrogens is 278 g/mol. The molecule has 21 heavy (non-hydrogen) atoms. The number of benzene rings is 1. The molecule has 118 valence electrons. The van der Waals surface area contributed by atoms with Crippen molar-refractivity contribution < 1.29 is 0 Å². The van der Waals surface area contributed by atoms with Gasteiger partial charge in [0.25, 0.3) is 0 Å². The Hall–Kier alpha value is -0.530. The molecule has 1 aromatic carbocycles. The molecule has 2 saturated carbocycles. The van der Waals surface area contributed by atoms with Crippen molar-refractivity contribution in [2.45, 2.75) is 52.5 Å². The van der Waals surface area contributed by atoms with E-state index in [-0.39, 0.29) is 12.4 Å². The minimum absolute atomic E-state index is 0. The molecule has 3 atom stereocenters. The molecule has 1 nitrogen and oxygen atoms in total. The Kier molecular flexibility index (Phi) is 4.48. The lowest BCUT2D eigenvalue weighted by atomic mass is 9.64. The van der Waals surface area contributed by atoms with Gasteiger partial charge < -0.3 is 4.90 Å². The number of hydrogen-bond acceptors (Lipinski definition) is 1. The summed E-state index contributed by atoms with van der Waals surface area (Å²) in [6, 6.07) is 9.16. The van der Waals surface area contributed by atoms with Crippen LogP contribution < -0.4 is 0 Å². The predicted octanol–water partition coefficient (Wildman–Crippen LogP) is 5.10. The molecule has 0 aromatic heterocycles. The van der Waals surface area contributed by atoms with Gasteiger partial charge in [-0.15, -0.1) is 12.4 Å². The van der Waals surface area contributed by atoms with Crippen LogP contribution in [-0.2, 0) is 6.54 Å². The third kappa shape index (κ3) is 2.43. The zero-order valence-electron chi connectivity index (χ0n) is 14.1. The molecule has 0 spiro atoms. The number of halogens is 1. The van der Waals surface area contributed by atoms with E-state index < -0.39 is 0 Å². The van der Waals surface area contributed by atoms with Crippen LogP contribution in [-0.4, -0.2) is 19.0 Å². The van der Waals surface area contributed by atoms with E-state index >= 15 is 0 Å². The van der Waals surface area contributed by atoms with Crippen LogP contribution in [0.4, 0.5) is 0 Å². The molecule has 0 N–H and O–H groups in total. The summed E-state index contributed by atoms with van der Waals surface area (Å²) in [6.07, 6.45) is 4.25. The first-order valence-electron chi connectivity index (χ1n) is 8.09. The van der Waals surface area contributed by atoms with E-state index in [2.05, 4.69) is 64.0 Å². The van der Waals surface area contributed by atoms with E-state index in [0.29, 0.717) is 10.8 Å². The van der Waals surface area contributed by atoms with Gasteiger partial charge in [-0.2, -0.15) is 0 Å². The van der Waals surface area contributed by atoms with Gasteiger partial charge in [-0.05, 0) is 67.2 Å². The minimum Gasteiger partial charge on any atom is -0.305 e. The van der Waals surface area contributed by atoms with Crippen LogP contribution in [0.3, 0.4) is 0 Å². The van der Waals surface area contributed by atoms with Crippen LogP contribution >= 0.6 is 12.4 Å². The zero-order chi connectivity index (χ0) is 14.5. The lowest BCUT2D eigenvalue weighted by molar-refractivity contribution is 0.134. The summed E-state index contributed by atoms with van der Waals surface area (Å²) in [6.45, 7) is 8.64. The number of hydrogen-bond donors (Lipinski definition) is 0. The summed E-state index contributed by atoms with van der Waals surface area (Å²) in [7, 11) is 4.34. The first-order chi connectivity index (χ1) is 9.36. The van der Waals surface area contributed by atoms with Crippen molar-refractivity contribution in [1.29, 1.82) is 0 Å². The summed E-state index contributed by atoms with van der Waals surface area (Å²) in [5.74, 6) is 1.68. The maximum Gasteiger partial charge on any atom is 0.0230 e. The van der Waals surface area contributed by atoms with Crippen molar-refractivity contribution in [3.05, 3.63) is 35.4 Å². The number of fused-ring (bicyclic) bond motifs is 2. The second-order valence-corrected chi connectivity index (χ2v) is 8.10. The highest BCUT2D eigenvalue weighted by Crippen LogP contribution is 2.71. The van der Waals surface area contributed by atoms with Gasteiger partial charge in [0, 0.05) is 6.54 Å². The molecular formula is C19H30ClN. The van der Waals surface area contributed by atoms with Crippen LogP contribution in [0.15, 0.2) is 24.3 Å². The smallest absolute Gasteiger partial charge is 0.0230 e. The van der Waals surface area contributed by atoms with Crippen molar-refractivity contribution in [2.75, 3.05) is 14.1 Å². The second kappa shape index (κ2) is 5.59. The average molecular weight is 308 g/mol. The summed E-state index contributed by atoms with van der Waals surface area (Å²) in [5, 5.41) is 0. The first kappa shape index (κ1) is 16.8. The molecule has 3 rings (SSSR count). The molecule has 2 fully saturated rings. The summed E-state index contributed by atoms with van der Waals surface area (Å²) in [4.78, 5) is 2.29. The van der Waals surface area contributed by atoms with E-state index in [0.717, 1.165) is 18.4 Å². The van der Waals surface area contributed by atoms with Crippen molar-refractivity contribution in [3.63, 3.8) is 0 Å². The molecule has 3 unspecified atom stereocenters. The van der Waals surface area contributed by atoms with Crippen LogP contribution in [0, 0.1) is 16.7 Å².